The van der Waals surface area contributed by atoms with Crippen molar-refractivity contribution in [2.24, 2.45) is 5.92 Å². The van der Waals surface area contributed by atoms with Crippen molar-refractivity contribution in [3.8, 4) is 11.5 Å². The van der Waals surface area contributed by atoms with Gasteiger partial charge in [-0.2, -0.15) is 8.78 Å². The Balaban J connectivity index is 2.27. The molecule has 0 amide bonds. The summed E-state index contributed by atoms with van der Waals surface area (Å²) in [5.41, 5.74) is -0.341. The first-order valence-corrected chi connectivity index (χ1v) is 6.06. The number of rotatable bonds is 3. The Labute approximate surface area is 113 Å². The van der Waals surface area contributed by atoms with E-state index in [0.29, 0.717) is 19.0 Å². The molecular weight excluding hydrogens is 280 g/mol. The zero-order chi connectivity index (χ0) is 14.9. The lowest BCUT2D eigenvalue weighted by Gasteiger charge is -2.22. The van der Waals surface area contributed by atoms with Crippen LogP contribution in [0.3, 0.4) is 0 Å². The van der Waals surface area contributed by atoms with Crippen LogP contribution in [0, 0.1) is 5.92 Å². The van der Waals surface area contributed by atoms with Crippen molar-refractivity contribution in [1.82, 2.24) is 0 Å². The Morgan fingerprint density at radius 1 is 1.20 bits per heavy atom. The van der Waals surface area contributed by atoms with Crippen molar-refractivity contribution < 1.29 is 32.1 Å². The molecule has 0 aliphatic carbocycles. The summed E-state index contributed by atoms with van der Waals surface area (Å²) in [5, 5.41) is 9.42. The summed E-state index contributed by atoms with van der Waals surface area (Å²) < 4.78 is 61.5. The van der Waals surface area contributed by atoms with Gasteiger partial charge >= 0.3 is 12.3 Å². The number of ether oxygens (including phenoxy) is 2. The molecule has 1 N–H and O–H groups in total. The zero-order valence-corrected chi connectivity index (χ0v) is 10.7. The van der Waals surface area contributed by atoms with Crippen molar-refractivity contribution in [3.63, 3.8) is 0 Å². The monoisotopic (exact) mass is 294 g/mol. The van der Waals surface area contributed by atoms with E-state index < -0.39 is 18.5 Å². The Hall–Kier alpha value is -1.50. The highest BCUT2D eigenvalue weighted by Crippen LogP contribution is 2.40. The van der Waals surface area contributed by atoms with Crippen molar-refractivity contribution in [1.29, 1.82) is 0 Å². The first-order valence-electron chi connectivity index (χ1n) is 6.06. The highest BCUT2D eigenvalue weighted by Gasteiger charge is 2.49. The molecule has 1 aromatic rings. The van der Waals surface area contributed by atoms with Crippen LogP contribution in [0.1, 0.15) is 18.6 Å². The molecule has 0 spiro atoms. The smallest absolute Gasteiger partial charge is 0.336 e. The third-order valence-electron chi connectivity index (χ3n) is 2.99. The summed E-state index contributed by atoms with van der Waals surface area (Å²) in [6, 6.07) is 3.56. The number of alkyl halides is 4. The van der Waals surface area contributed by atoms with Crippen LogP contribution in [-0.4, -0.2) is 30.7 Å². The molecule has 0 radical (unpaired) electrons. The quantitative estimate of drug-likeness (QED) is 0.871. The maximum atomic E-state index is 13.1. The van der Waals surface area contributed by atoms with Gasteiger partial charge in [-0.3, -0.25) is 0 Å². The molecule has 7 heteroatoms. The normalized spacial score (nSPS) is 20.6. The van der Waals surface area contributed by atoms with E-state index in [1.165, 1.54) is 6.07 Å². The maximum Gasteiger partial charge on any atom is 0.336 e. The van der Waals surface area contributed by atoms with Crippen LogP contribution in [0.25, 0.3) is 0 Å². The van der Waals surface area contributed by atoms with E-state index in [2.05, 4.69) is 0 Å². The number of benzene rings is 1. The third kappa shape index (κ3) is 2.82. The van der Waals surface area contributed by atoms with E-state index in [9.17, 15) is 22.7 Å². The Bertz CT molecular complexity index is 479. The van der Waals surface area contributed by atoms with Crippen LogP contribution in [0.5, 0.6) is 11.5 Å². The first kappa shape index (κ1) is 14.9. The zero-order valence-electron chi connectivity index (χ0n) is 10.7. The Kier molecular flexibility index (Phi) is 4.08. The lowest BCUT2D eigenvalue weighted by Crippen LogP contribution is -2.34. The molecule has 3 nitrogen and oxygen atoms in total. The summed E-state index contributed by atoms with van der Waals surface area (Å²) in [4.78, 5) is 0. The fourth-order valence-electron chi connectivity index (χ4n) is 1.78. The Morgan fingerprint density at radius 3 is 2.40 bits per heavy atom. The summed E-state index contributed by atoms with van der Waals surface area (Å²) in [6.07, 6.45) is -6.55. The number of fused-ring (bicyclic) bond motifs is 1. The lowest BCUT2D eigenvalue weighted by atomic mass is 10.0. The van der Waals surface area contributed by atoms with Gasteiger partial charge in [0.05, 0.1) is 13.2 Å². The lowest BCUT2D eigenvalue weighted by molar-refractivity contribution is -0.193. The second-order valence-electron chi connectivity index (χ2n) is 4.81. The SMILES string of the molecule is CC1COc2ccc(C(O)C(F)(F)C(F)F)cc2OC1. The Morgan fingerprint density at radius 2 is 1.80 bits per heavy atom. The number of halogens is 4. The first-order chi connectivity index (χ1) is 9.32. The molecular formula is C13H14F4O3. The number of aliphatic hydroxyl groups is 1. The molecule has 20 heavy (non-hydrogen) atoms. The van der Waals surface area contributed by atoms with Crippen LogP contribution in [-0.2, 0) is 0 Å². The van der Waals surface area contributed by atoms with Crippen molar-refractivity contribution in [2.75, 3.05) is 13.2 Å². The average Bonchev–Trinajstić information content (AvgIpc) is 2.59. The van der Waals surface area contributed by atoms with Crippen molar-refractivity contribution in [3.05, 3.63) is 23.8 Å². The molecule has 1 aliphatic heterocycles. The fourth-order valence-corrected chi connectivity index (χ4v) is 1.78. The molecule has 0 aromatic heterocycles. The molecule has 1 heterocycles. The van der Waals surface area contributed by atoms with Gasteiger partial charge in [0.2, 0.25) is 0 Å². The minimum atomic E-state index is -4.52. The van der Waals surface area contributed by atoms with Gasteiger partial charge in [0, 0.05) is 5.92 Å². The van der Waals surface area contributed by atoms with E-state index in [0.717, 1.165) is 12.1 Å². The highest BCUT2D eigenvalue weighted by molar-refractivity contribution is 5.44. The minimum absolute atomic E-state index is 0.110. The standard InChI is InChI=1S/C13H14F4O3/c1-7-5-19-9-3-2-8(4-10(9)20-6-7)11(18)13(16,17)12(14)15/h2-4,7,11-12,18H,5-6H2,1H3. The molecule has 1 aromatic carbocycles. The molecule has 2 unspecified atom stereocenters. The molecule has 0 saturated heterocycles. The van der Waals surface area contributed by atoms with Gasteiger partial charge in [-0.25, -0.2) is 8.78 Å². The van der Waals surface area contributed by atoms with E-state index in [1.807, 2.05) is 6.92 Å². The fraction of sp³-hybridized carbons (Fsp3) is 0.538. The largest absolute Gasteiger partial charge is 0.489 e. The van der Waals surface area contributed by atoms with Gasteiger partial charge in [-0.15, -0.1) is 0 Å². The molecule has 0 fully saturated rings. The van der Waals surface area contributed by atoms with E-state index >= 15 is 0 Å². The number of aliphatic hydroxyl groups excluding tert-OH is 1. The van der Waals surface area contributed by atoms with Gasteiger partial charge in [0.15, 0.2) is 11.5 Å². The van der Waals surface area contributed by atoms with Crippen LogP contribution in [0.2, 0.25) is 0 Å². The van der Waals surface area contributed by atoms with Crippen LogP contribution in [0.4, 0.5) is 17.6 Å². The molecule has 0 saturated carbocycles. The molecule has 1 aliphatic rings. The van der Waals surface area contributed by atoms with Crippen molar-refractivity contribution >= 4 is 0 Å². The van der Waals surface area contributed by atoms with Crippen LogP contribution in [0.15, 0.2) is 18.2 Å². The van der Waals surface area contributed by atoms with Crippen LogP contribution >= 0.6 is 0 Å². The predicted octanol–water partition coefficient (Wildman–Crippen LogP) is 3.03. The topological polar surface area (TPSA) is 38.7 Å². The third-order valence-corrected chi connectivity index (χ3v) is 2.99. The second kappa shape index (κ2) is 5.47. The van der Waals surface area contributed by atoms with Gasteiger partial charge in [-0.1, -0.05) is 13.0 Å². The van der Waals surface area contributed by atoms with E-state index in [4.69, 9.17) is 9.47 Å². The second-order valence-corrected chi connectivity index (χ2v) is 4.81. The molecule has 112 valence electrons. The summed E-state index contributed by atoms with van der Waals surface area (Å²) in [6.45, 7) is 2.60. The van der Waals surface area contributed by atoms with Gasteiger partial charge in [0.25, 0.3) is 0 Å². The number of hydrogen-bond acceptors (Lipinski definition) is 3. The number of hydrogen-bond donors (Lipinski definition) is 1. The van der Waals surface area contributed by atoms with Crippen molar-refractivity contribution in [2.45, 2.75) is 25.4 Å². The predicted molar refractivity (Wildman–Crippen MR) is 62.5 cm³/mol. The molecule has 0 bridgehead atoms. The summed E-state index contributed by atoms with van der Waals surface area (Å²) in [7, 11) is 0. The van der Waals surface area contributed by atoms with E-state index in [1.54, 1.807) is 0 Å². The minimum Gasteiger partial charge on any atom is -0.489 e. The van der Waals surface area contributed by atoms with Gasteiger partial charge in [-0.05, 0) is 17.7 Å². The average molecular weight is 294 g/mol. The molecule has 2 atom stereocenters. The summed E-state index contributed by atoms with van der Waals surface area (Å²) >= 11 is 0. The van der Waals surface area contributed by atoms with Gasteiger partial charge < -0.3 is 14.6 Å². The van der Waals surface area contributed by atoms with Gasteiger partial charge in [0.1, 0.15) is 6.10 Å². The van der Waals surface area contributed by atoms with E-state index in [-0.39, 0.29) is 17.2 Å². The van der Waals surface area contributed by atoms with Crippen LogP contribution < -0.4 is 9.47 Å². The maximum absolute atomic E-state index is 13.1. The molecule has 2 rings (SSSR count). The highest BCUT2D eigenvalue weighted by atomic mass is 19.3. The summed E-state index contributed by atoms with van der Waals surface area (Å²) in [5.74, 6) is -3.91.